The minimum absolute atomic E-state index is 0.306. The van der Waals surface area contributed by atoms with Gasteiger partial charge in [0.1, 0.15) is 5.75 Å². The maximum absolute atomic E-state index is 9.16. The van der Waals surface area contributed by atoms with E-state index in [2.05, 4.69) is 11.9 Å². The fourth-order valence-corrected chi connectivity index (χ4v) is 2.07. The van der Waals surface area contributed by atoms with Gasteiger partial charge in [0.05, 0.1) is 0 Å². The molecule has 0 unspecified atom stereocenters. The Morgan fingerprint density at radius 1 is 0.895 bits per heavy atom. The second-order valence-corrected chi connectivity index (χ2v) is 5.10. The van der Waals surface area contributed by atoms with Crippen LogP contribution in [0.2, 0.25) is 0 Å². The number of phenolic OH excluding ortho intramolecular Hbond substituents is 1. The number of rotatable bonds is 10. The van der Waals surface area contributed by atoms with Gasteiger partial charge in [0, 0.05) is 12.8 Å². The lowest BCUT2D eigenvalue weighted by atomic mass is 10.1. The first-order chi connectivity index (χ1) is 9.33. The van der Waals surface area contributed by atoms with Gasteiger partial charge in [0.15, 0.2) is 0 Å². The van der Waals surface area contributed by atoms with E-state index < -0.39 is 0 Å². The highest BCUT2D eigenvalue weighted by Crippen LogP contribution is 2.09. The van der Waals surface area contributed by atoms with E-state index in [-0.39, 0.29) is 0 Å². The largest absolute Gasteiger partial charge is 0.508 e. The average Bonchev–Trinajstić information content (AvgIpc) is 2.43. The van der Waals surface area contributed by atoms with Crippen molar-refractivity contribution in [3.8, 4) is 5.75 Å². The Bertz CT molecular complexity index is 343. The van der Waals surface area contributed by atoms with E-state index in [1.807, 2.05) is 18.3 Å². The Hall–Kier alpha value is -1.31. The van der Waals surface area contributed by atoms with Gasteiger partial charge in [-0.15, -0.1) is 0 Å². The molecule has 0 fully saturated rings. The first kappa shape index (κ1) is 15.7. The summed E-state index contributed by atoms with van der Waals surface area (Å²) in [5, 5.41) is 9.16. The molecule has 1 aromatic rings. The minimum Gasteiger partial charge on any atom is -0.508 e. The number of hydrogen-bond donors (Lipinski definition) is 1. The highest BCUT2D eigenvalue weighted by Gasteiger charge is 1.91. The van der Waals surface area contributed by atoms with Crippen LogP contribution in [0.25, 0.3) is 0 Å². The first-order valence-corrected chi connectivity index (χ1v) is 7.62. The molecule has 0 spiro atoms. The van der Waals surface area contributed by atoms with Crippen molar-refractivity contribution >= 4 is 6.21 Å². The Morgan fingerprint density at radius 3 is 2.11 bits per heavy atom. The quantitative estimate of drug-likeness (QED) is 0.469. The van der Waals surface area contributed by atoms with Crippen molar-refractivity contribution in [3.05, 3.63) is 29.8 Å². The normalized spacial score (nSPS) is 11.2. The summed E-state index contributed by atoms with van der Waals surface area (Å²) in [5.41, 5.74) is 1.05. The molecule has 0 atom stereocenters. The van der Waals surface area contributed by atoms with Gasteiger partial charge >= 0.3 is 0 Å². The molecular formula is C17H27NO. The summed E-state index contributed by atoms with van der Waals surface area (Å²) >= 11 is 0. The number of aromatic hydroxyl groups is 1. The van der Waals surface area contributed by atoms with Crippen LogP contribution in [0.15, 0.2) is 29.3 Å². The van der Waals surface area contributed by atoms with E-state index in [1.54, 1.807) is 12.1 Å². The predicted molar refractivity (Wildman–Crippen MR) is 83.2 cm³/mol. The fraction of sp³-hybridized carbons (Fsp3) is 0.588. The third-order valence-electron chi connectivity index (χ3n) is 3.27. The maximum atomic E-state index is 9.16. The standard InChI is InChI=1S/C17H27NO/c1-2-3-4-5-6-7-8-9-14-18-15-16-10-12-17(19)13-11-16/h10-13,15,19H,2-9,14H2,1H3/b18-15+. The second-order valence-electron chi connectivity index (χ2n) is 5.10. The van der Waals surface area contributed by atoms with Gasteiger partial charge in [-0.2, -0.15) is 0 Å². The van der Waals surface area contributed by atoms with Crippen molar-refractivity contribution in [2.45, 2.75) is 58.3 Å². The molecule has 1 rings (SSSR count). The number of benzene rings is 1. The molecule has 0 aliphatic heterocycles. The van der Waals surface area contributed by atoms with Crippen molar-refractivity contribution in [2.24, 2.45) is 4.99 Å². The molecule has 1 aromatic carbocycles. The Kier molecular flexibility index (Phi) is 8.78. The SMILES string of the molecule is CCCCCCCCCC/N=C/c1ccc(O)cc1. The summed E-state index contributed by atoms with van der Waals surface area (Å²) in [7, 11) is 0. The minimum atomic E-state index is 0.306. The molecule has 0 bridgehead atoms. The van der Waals surface area contributed by atoms with Crippen LogP contribution in [0, 0.1) is 0 Å². The van der Waals surface area contributed by atoms with Gasteiger partial charge < -0.3 is 5.11 Å². The van der Waals surface area contributed by atoms with Crippen LogP contribution >= 0.6 is 0 Å². The van der Waals surface area contributed by atoms with E-state index in [4.69, 9.17) is 5.11 Å². The van der Waals surface area contributed by atoms with Gasteiger partial charge in [-0.3, -0.25) is 4.99 Å². The van der Waals surface area contributed by atoms with E-state index in [9.17, 15) is 0 Å². The molecule has 0 amide bonds. The fourth-order valence-electron chi connectivity index (χ4n) is 2.07. The molecule has 0 saturated heterocycles. The van der Waals surface area contributed by atoms with Crippen LogP contribution in [-0.2, 0) is 0 Å². The average molecular weight is 261 g/mol. The molecule has 0 aliphatic carbocycles. The van der Waals surface area contributed by atoms with E-state index in [0.717, 1.165) is 12.1 Å². The summed E-state index contributed by atoms with van der Waals surface area (Å²) in [6.45, 7) is 3.17. The summed E-state index contributed by atoms with van der Waals surface area (Å²) in [6, 6.07) is 7.15. The van der Waals surface area contributed by atoms with Crippen LogP contribution in [0.5, 0.6) is 5.75 Å². The van der Waals surface area contributed by atoms with Crippen molar-refractivity contribution < 1.29 is 5.11 Å². The van der Waals surface area contributed by atoms with Crippen molar-refractivity contribution in [1.29, 1.82) is 0 Å². The van der Waals surface area contributed by atoms with Gasteiger partial charge in [0.25, 0.3) is 0 Å². The van der Waals surface area contributed by atoms with E-state index in [0.29, 0.717) is 5.75 Å². The number of hydrogen-bond acceptors (Lipinski definition) is 2. The van der Waals surface area contributed by atoms with Crippen molar-refractivity contribution in [1.82, 2.24) is 0 Å². The Morgan fingerprint density at radius 2 is 1.47 bits per heavy atom. The smallest absolute Gasteiger partial charge is 0.115 e. The molecule has 106 valence electrons. The Balaban J connectivity index is 1.97. The van der Waals surface area contributed by atoms with E-state index >= 15 is 0 Å². The summed E-state index contributed by atoms with van der Waals surface area (Å²) in [4.78, 5) is 4.41. The van der Waals surface area contributed by atoms with E-state index in [1.165, 1.54) is 51.4 Å². The highest BCUT2D eigenvalue weighted by atomic mass is 16.3. The van der Waals surface area contributed by atoms with Crippen LogP contribution in [0.1, 0.15) is 63.9 Å². The lowest BCUT2D eigenvalue weighted by molar-refractivity contribution is 0.475. The Labute approximate surface area is 117 Å². The molecule has 0 aliphatic rings. The summed E-state index contributed by atoms with van der Waals surface area (Å²) in [6.07, 6.45) is 12.6. The third kappa shape index (κ3) is 8.41. The lowest BCUT2D eigenvalue weighted by Crippen LogP contribution is -1.86. The number of unbranched alkanes of at least 4 members (excludes halogenated alkanes) is 7. The zero-order valence-electron chi connectivity index (χ0n) is 12.1. The number of phenols is 1. The molecule has 19 heavy (non-hydrogen) atoms. The van der Waals surface area contributed by atoms with Gasteiger partial charge in [0.2, 0.25) is 0 Å². The monoisotopic (exact) mass is 261 g/mol. The number of nitrogens with zero attached hydrogens (tertiary/aromatic N) is 1. The highest BCUT2D eigenvalue weighted by molar-refractivity contribution is 5.79. The molecule has 2 nitrogen and oxygen atoms in total. The third-order valence-corrected chi connectivity index (χ3v) is 3.27. The predicted octanol–water partition coefficient (Wildman–Crippen LogP) is 4.95. The lowest BCUT2D eigenvalue weighted by Gasteiger charge is -1.99. The van der Waals surface area contributed by atoms with Gasteiger partial charge in [-0.05, 0) is 36.2 Å². The molecule has 1 N–H and O–H groups in total. The molecule has 0 radical (unpaired) electrons. The zero-order chi connectivity index (χ0) is 13.8. The molecule has 2 heteroatoms. The first-order valence-electron chi connectivity index (χ1n) is 7.62. The molecular weight excluding hydrogens is 234 g/mol. The summed E-state index contributed by atoms with van der Waals surface area (Å²) < 4.78 is 0. The van der Waals surface area contributed by atoms with Gasteiger partial charge in [-0.25, -0.2) is 0 Å². The van der Waals surface area contributed by atoms with Gasteiger partial charge in [-0.1, -0.05) is 51.9 Å². The molecule has 0 heterocycles. The maximum Gasteiger partial charge on any atom is 0.115 e. The van der Waals surface area contributed by atoms with Crippen LogP contribution in [0.4, 0.5) is 0 Å². The van der Waals surface area contributed by atoms with Crippen LogP contribution in [-0.4, -0.2) is 17.9 Å². The number of aliphatic imine (C=N–C) groups is 1. The van der Waals surface area contributed by atoms with Crippen LogP contribution in [0.3, 0.4) is 0 Å². The zero-order valence-corrected chi connectivity index (χ0v) is 12.1. The van der Waals surface area contributed by atoms with Crippen molar-refractivity contribution in [2.75, 3.05) is 6.54 Å². The summed E-state index contributed by atoms with van der Waals surface area (Å²) in [5.74, 6) is 0.306. The second kappa shape index (κ2) is 10.6. The van der Waals surface area contributed by atoms with Crippen LogP contribution < -0.4 is 0 Å². The molecule has 0 aromatic heterocycles. The topological polar surface area (TPSA) is 32.6 Å². The van der Waals surface area contributed by atoms with Crippen molar-refractivity contribution in [3.63, 3.8) is 0 Å². The molecule has 0 saturated carbocycles.